The number of alkyl halides is 2. The number of anilines is 3. The Labute approximate surface area is 233 Å². The predicted octanol–water partition coefficient (Wildman–Crippen LogP) is 7.94. The molecule has 0 spiro atoms. The number of carbonyl (C=O) groups excluding carboxylic acids is 2. The molecular weight excluding hydrogens is 601 g/mol. The lowest BCUT2D eigenvalue weighted by atomic mass is 10.1. The number of nitrogen functional groups attached to an aromatic ring is 1. The number of amides is 2. The highest BCUT2D eigenvalue weighted by Crippen LogP contribution is 2.65. The lowest BCUT2D eigenvalue weighted by Crippen LogP contribution is -2.18. The molecule has 1 saturated carbocycles. The second kappa shape index (κ2) is 10.0. The molecule has 5 nitrogen and oxygen atoms in total. The Kier molecular flexibility index (Phi) is 7.55. The van der Waals surface area contributed by atoms with Crippen LogP contribution in [0.3, 0.4) is 0 Å². The van der Waals surface area contributed by atoms with E-state index in [2.05, 4.69) is 10.6 Å². The first kappa shape index (κ1) is 27.0. The number of nitrogens with two attached hydrogens (primary N) is 1. The number of halogens is 8. The third kappa shape index (κ3) is 5.19. The van der Waals surface area contributed by atoms with Gasteiger partial charge in [-0.15, -0.1) is 23.2 Å². The highest BCUT2D eigenvalue weighted by Gasteiger charge is 2.67. The van der Waals surface area contributed by atoms with Gasteiger partial charge in [-0.2, -0.15) is 0 Å². The monoisotopic (exact) mass is 611 g/mol. The zero-order valence-corrected chi connectivity index (χ0v) is 22.1. The van der Waals surface area contributed by atoms with Gasteiger partial charge in [-0.05, 0) is 42.0 Å². The fourth-order valence-corrected chi connectivity index (χ4v) is 5.34. The predicted molar refractivity (Wildman–Crippen MR) is 141 cm³/mol. The molecule has 4 N–H and O–H groups in total. The Hall–Kier alpha value is -2.00. The van der Waals surface area contributed by atoms with Crippen molar-refractivity contribution in [2.45, 2.75) is 10.3 Å². The molecule has 0 heterocycles. The molecule has 1 aliphatic rings. The zero-order valence-electron chi connectivity index (χ0n) is 17.6. The van der Waals surface area contributed by atoms with Crippen molar-refractivity contribution in [3.63, 3.8) is 0 Å². The molecule has 1 fully saturated rings. The molecule has 0 aromatic heterocycles. The van der Waals surface area contributed by atoms with Crippen molar-refractivity contribution in [1.82, 2.24) is 0 Å². The van der Waals surface area contributed by atoms with Crippen LogP contribution in [0.1, 0.15) is 21.8 Å². The van der Waals surface area contributed by atoms with Gasteiger partial charge in [0.15, 0.2) is 5.82 Å². The third-order valence-corrected chi connectivity index (χ3v) is 7.99. The molecule has 3 aromatic rings. The summed E-state index contributed by atoms with van der Waals surface area (Å²) in [5.41, 5.74) is 5.46. The zero-order chi connectivity index (χ0) is 26.5. The molecule has 2 amide bonds. The maximum Gasteiger partial charge on any atom is 0.257 e. The number of rotatable bonds is 5. The Balaban J connectivity index is 1.54. The van der Waals surface area contributed by atoms with Crippen molar-refractivity contribution in [2.75, 3.05) is 16.4 Å². The Morgan fingerprint density at radius 2 is 1.53 bits per heavy atom. The van der Waals surface area contributed by atoms with E-state index in [4.69, 9.17) is 75.3 Å². The van der Waals surface area contributed by atoms with Gasteiger partial charge in [0, 0.05) is 17.7 Å². The van der Waals surface area contributed by atoms with Crippen LogP contribution in [0.4, 0.5) is 25.8 Å². The summed E-state index contributed by atoms with van der Waals surface area (Å²) in [6.45, 7) is 0. The molecule has 0 unspecified atom stereocenters. The van der Waals surface area contributed by atoms with E-state index in [1.54, 1.807) is 0 Å². The first-order valence-electron chi connectivity index (χ1n) is 9.99. The van der Waals surface area contributed by atoms with Crippen LogP contribution in [0.25, 0.3) is 0 Å². The molecule has 0 aliphatic heterocycles. The summed E-state index contributed by atoms with van der Waals surface area (Å²) in [5, 5.41) is 5.47. The minimum Gasteiger partial charge on any atom is -0.395 e. The Bertz CT molecular complexity index is 1400. The smallest absolute Gasteiger partial charge is 0.257 e. The molecule has 0 radical (unpaired) electrons. The van der Waals surface area contributed by atoms with Gasteiger partial charge in [-0.1, -0.05) is 46.4 Å². The van der Waals surface area contributed by atoms with Crippen molar-refractivity contribution < 1.29 is 18.4 Å². The molecule has 3 aromatic carbocycles. The summed E-state index contributed by atoms with van der Waals surface area (Å²) in [5.74, 6) is -4.84. The van der Waals surface area contributed by atoms with E-state index in [9.17, 15) is 18.4 Å². The fraction of sp³-hybridized carbons (Fsp3) is 0.130. The Morgan fingerprint density at radius 3 is 2.17 bits per heavy atom. The van der Waals surface area contributed by atoms with Crippen LogP contribution in [0, 0.1) is 17.6 Å². The van der Waals surface area contributed by atoms with Gasteiger partial charge in [0.25, 0.3) is 5.91 Å². The highest BCUT2D eigenvalue weighted by atomic mass is 35.5. The average Bonchev–Trinajstić information content (AvgIpc) is 3.38. The van der Waals surface area contributed by atoms with Gasteiger partial charge in [-0.25, -0.2) is 8.78 Å². The standard InChI is InChI=1S/C23H13Cl6F2N3O2/c24-12-2-1-10(7-11(12)21(35)34-16-6-9(30)5-15(31)20(16)32)33-22(36)18-17(23(18,28)29)8-3-13(25)19(27)14(26)4-8/h1-7,17-18H,32H2,(H,33,36)(H,34,35)/t17-,18+/m0/s1. The maximum absolute atomic E-state index is 13.7. The van der Waals surface area contributed by atoms with E-state index in [0.29, 0.717) is 11.6 Å². The first-order valence-corrected chi connectivity index (χ1v) is 12.3. The summed E-state index contributed by atoms with van der Waals surface area (Å²) >= 11 is 37.0. The van der Waals surface area contributed by atoms with Gasteiger partial charge < -0.3 is 16.4 Å². The summed E-state index contributed by atoms with van der Waals surface area (Å²) in [4.78, 5) is 25.7. The summed E-state index contributed by atoms with van der Waals surface area (Å²) in [6.07, 6.45) is 0. The molecule has 0 bridgehead atoms. The number of nitrogens with one attached hydrogen (secondary N) is 2. The van der Waals surface area contributed by atoms with Crippen molar-refractivity contribution in [3.8, 4) is 0 Å². The van der Waals surface area contributed by atoms with E-state index in [0.717, 1.165) is 6.07 Å². The van der Waals surface area contributed by atoms with Crippen LogP contribution in [0.2, 0.25) is 20.1 Å². The number of benzene rings is 3. The second-order valence-corrected chi connectivity index (χ2v) is 11.0. The van der Waals surface area contributed by atoms with Crippen LogP contribution in [-0.2, 0) is 4.79 Å². The van der Waals surface area contributed by atoms with Gasteiger partial charge >= 0.3 is 0 Å². The van der Waals surface area contributed by atoms with Crippen molar-refractivity contribution in [3.05, 3.63) is 85.3 Å². The van der Waals surface area contributed by atoms with Crippen LogP contribution in [0.15, 0.2) is 42.5 Å². The molecular formula is C23H13Cl6F2N3O2. The lowest BCUT2D eigenvalue weighted by molar-refractivity contribution is -0.117. The molecule has 13 heteroatoms. The summed E-state index contributed by atoms with van der Waals surface area (Å²) < 4.78 is 25.8. The average molecular weight is 614 g/mol. The number of hydrogen-bond acceptors (Lipinski definition) is 3. The molecule has 1 aliphatic carbocycles. The molecule has 36 heavy (non-hydrogen) atoms. The van der Waals surface area contributed by atoms with E-state index in [1.807, 2.05) is 0 Å². The van der Waals surface area contributed by atoms with Crippen LogP contribution in [0.5, 0.6) is 0 Å². The molecule has 4 rings (SSSR count). The minimum absolute atomic E-state index is 0.0136. The Morgan fingerprint density at radius 1 is 0.889 bits per heavy atom. The fourth-order valence-electron chi connectivity index (χ4n) is 3.70. The third-order valence-electron chi connectivity index (χ3n) is 5.52. The number of carbonyl (C=O) groups is 2. The van der Waals surface area contributed by atoms with E-state index in [1.165, 1.54) is 30.3 Å². The maximum atomic E-state index is 13.7. The number of hydrogen-bond donors (Lipinski definition) is 3. The summed E-state index contributed by atoms with van der Waals surface area (Å²) in [7, 11) is 0. The SMILES string of the molecule is Nc1c(F)cc(F)cc1NC(=O)c1cc(NC(=O)[C@H]2[C@H](c3cc(Cl)c(Cl)c(Cl)c3)C2(Cl)Cl)ccc1Cl. The highest BCUT2D eigenvalue weighted by molar-refractivity contribution is 6.54. The largest absolute Gasteiger partial charge is 0.395 e. The van der Waals surface area contributed by atoms with Gasteiger partial charge in [0.2, 0.25) is 5.91 Å². The lowest BCUT2D eigenvalue weighted by Gasteiger charge is -2.12. The normalized spacial score (nSPS) is 18.0. The summed E-state index contributed by atoms with van der Waals surface area (Å²) in [6, 6.07) is 8.58. The van der Waals surface area contributed by atoms with Gasteiger partial charge in [-0.3, -0.25) is 9.59 Å². The first-order chi connectivity index (χ1) is 16.8. The van der Waals surface area contributed by atoms with E-state index < -0.39 is 45.3 Å². The topological polar surface area (TPSA) is 84.2 Å². The van der Waals surface area contributed by atoms with Crippen molar-refractivity contribution >= 4 is 98.5 Å². The second-order valence-electron chi connectivity index (χ2n) is 7.92. The van der Waals surface area contributed by atoms with Crippen LogP contribution >= 0.6 is 69.6 Å². The van der Waals surface area contributed by atoms with E-state index in [-0.39, 0.29) is 37.0 Å². The van der Waals surface area contributed by atoms with Crippen LogP contribution < -0.4 is 16.4 Å². The van der Waals surface area contributed by atoms with Crippen molar-refractivity contribution in [2.24, 2.45) is 5.92 Å². The minimum atomic E-state index is -1.45. The quantitative estimate of drug-likeness (QED) is 0.155. The molecule has 2 atom stereocenters. The molecule has 0 saturated heterocycles. The van der Waals surface area contributed by atoms with E-state index >= 15 is 0 Å². The van der Waals surface area contributed by atoms with Gasteiger partial charge in [0.05, 0.1) is 42.9 Å². The van der Waals surface area contributed by atoms with Crippen molar-refractivity contribution in [1.29, 1.82) is 0 Å². The van der Waals surface area contributed by atoms with Crippen LogP contribution in [-0.4, -0.2) is 16.1 Å². The molecule has 188 valence electrons. The van der Waals surface area contributed by atoms with Gasteiger partial charge in [0.1, 0.15) is 10.2 Å².